The van der Waals surface area contributed by atoms with E-state index in [4.69, 9.17) is 0 Å². The lowest BCUT2D eigenvalue weighted by atomic mass is 10.2. The summed E-state index contributed by atoms with van der Waals surface area (Å²) in [7, 11) is 0. The minimum absolute atomic E-state index is 0.0133. The van der Waals surface area contributed by atoms with Crippen LogP contribution in [0.2, 0.25) is 0 Å². The summed E-state index contributed by atoms with van der Waals surface area (Å²) in [6.45, 7) is 10.9. The third-order valence-corrected chi connectivity index (χ3v) is 6.66. The number of nitrogens with one attached hydrogen (secondary N) is 1. The molecule has 2 aromatic heterocycles. The van der Waals surface area contributed by atoms with Crippen molar-refractivity contribution >= 4 is 22.9 Å². The summed E-state index contributed by atoms with van der Waals surface area (Å²) < 4.78 is 2.05. The van der Waals surface area contributed by atoms with Gasteiger partial charge in [0, 0.05) is 67.4 Å². The first-order valence-corrected chi connectivity index (χ1v) is 11.3. The highest BCUT2D eigenvalue weighted by Gasteiger charge is 2.23. The molecule has 1 fully saturated rings. The predicted octanol–water partition coefficient (Wildman–Crippen LogP) is 3.49. The molecule has 1 saturated heterocycles. The number of benzene rings is 1. The summed E-state index contributed by atoms with van der Waals surface area (Å²) in [6.07, 6.45) is 1.79. The van der Waals surface area contributed by atoms with Gasteiger partial charge in [-0.15, -0.1) is 11.3 Å². The Hall–Kier alpha value is -2.64. The second kappa shape index (κ2) is 9.02. The van der Waals surface area contributed by atoms with Crippen LogP contribution < -0.4 is 10.2 Å². The number of hydrogen-bond acceptors (Lipinski definition) is 5. The number of aryl methyl sites for hydroxylation is 1. The van der Waals surface area contributed by atoms with Gasteiger partial charge in [0.1, 0.15) is 0 Å². The number of piperazine rings is 1. The fourth-order valence-electron chi connectivity index (χ4n) is 4.14. The molecule has 3 aromatic rings. The molecular weight excluding hydrogens is 394 g/mol. The molecule has 1 aliphatic rings. The van der Waals surface area contributed by atoms with Gasteiger partial charge in [-0.3, -0.25) is 14.3 Å². The summed E-state index contributed by atoms with van der Waals surface area (Å²) >= 11 is 1.57. The van der Waals surface area contributed by atoms with Gasteiger partial charge in [-0.25, -0.2) is 4.98 Å². The molecule has 30 heavy (non-hydrogen) atoms. The highest BCUT2D eigenvalue weighted by molar-refractivity contribution is 7.12. The van der Waals surface area contributed by atoms with Gasteiger partial charge in [0.05, 0.1) is 5.56 Å². The van der Waals surface area contributed by atoms with Crippen LogP contribution in [0.3, 0.4) is 0 Å². The number of thiazole rings is 1. The first kappa shape index (κ1) is 20.6. The summed E-state index contributed by atoms with van der Waals surface area (Å²) in [5.74, 6) is -0.0133. The van der Waals surface area contributed by atoms with Crippen LogP contribution in [0.15, 0.2) is 48.0 Å². The second-order valence-corrected chi connectivity index (χ2v) is 8.73. The fourth-order valence-corrected chi connectivity index (χ4v) is 4.89. The highest BCUT2D eigenvalue weighted by Crippen LogP contribution is 2.22. The van der Waals surface area contributed by atoms with E-state index in [1.165, 1.54) is 5.69 Å². The molecule has 1 atom stereocenters. The van der Waals surface area contributed by atoms with E-state index < -0.39 is 0 Å². The quantitative estimate of drug-likeness (QED) is 0.659. The Morgan fingerprint density at radius 1 is 1.17 bits per heavy atom. The van der Waals surface area contributed by atoms with Gasteiger partial charge in [-0.05, 0) is 39.0 Å². The van der Waals surface area contributed by atoms with E-state index in [-0.39, 0.29) is 5.91 Å². The van der Waals surface area contributed by atoms with Gasteiger partial charge in [-0.1, -0.05) is 18.2 Å². The number of anilines is 1. The van der Waals surface area contributed by atoms with E-state index in [0.717, 1.165) is 48.3 Å². The Morgan fingerprint density at radius 2 is 1.90 bits per heavy atom. The van der Waals surface area contributed by atoms with Crippen LogP contribution >= 0.6 is 11.3 Å². The molecule has 158 valence electrons. The Morgan fingerprint density at radius 3 is 2.57 bits per heavy atom. The van der Waals surface area contributed by atoms with Crippen LogP contribution in [0.4, 0.5) is 5.69 Å². The molecule has 7 heteroatoms. The summed E-state index contributed by atoms with van der Waals surface area (Å²) in [5.41, 5.74) is 3.97. The molecule has 0 saturated carbocycles. The maximum atomic E-state index is 12.9. The van der Waals surface area contributed by atoms with Crippen molar-refractivity contribution in [1.29, 1.82) is 0 Å². The average molecular weight is 424 g/mol. The SMILES string of the molecule is Cc1cc(C(=O)NCC(C)N2CCN(c3ccccc3)CC2)c(C)n1-c1nccs1. The van der Waals surface area contributed by atoms with Crippen molar-refractivity contribution < 1.29 is 4.79 Å². The molecule has 1 unspecified atom stereocenters. The normalized spacial score (nSPS) is 15.9. The lowest BCUT2D eigenvalue weighted by Crippen LogP contribution is -2.52. The van der Waals surface area contributed by atoms with Crippen molar-refractivity contribution in [2.24, 2.45) is 0 Å². The van der Waals surface area contributed by atoms with Gasteiger partial charge in [0.2, 0.25) is 0 Å². The largest absolute Gasteiger partial charge is 0.369 e. The van der Waals surface area contributed by atoms with E-state index in [0.29, 0.717) is 12.6 Å². The van der Waals surface area contributed by atoms with Crippen LogP contribution in [-0.2, 0) is 0 Å². The molecule has 3 heterocycles. The van der Waals surface area contributed by atoms with E-state index in [2.05, 4.69) is 57.4 Å². The molecule has 1 N–H and O–H groups in total. The molecule has 0 bridgehead atoms. The number of aromatic nitrogens is 2. The number of hydrogen-bond donors (Lipinski definition) is 1. The molecular formula is C23H29N5OS. The Bertz CT molecular complexity index is 975. The van der Waals surface area contributed by atoms with Crippen molar-refractivity contribution in [2.45, 2.75) is 26.8 Å². The number of nitrogens with zero attached hydrogens (tertiary/aromatic N) is 4. The first-order chi connectivity index (χ1) is 14.5. The zero-order valence-electron chi connectivity index (χ0n) is 17.8. The van der Waals surface area contributed by atoms with E-state index in [9.17, 15) is 4.79 Å². The minimum atomic E-state index is -0.0133. The standard InChI is InChI=1S/C23H29N5OS/c1-17-15-21(19(3)28(17)23-24-9-14-30-23)22(29)25-16-18(2)26-10-12-27(13-11-26)20-7-5-4-6-8-20/h4-9,14-15,18H,10-13,16H2,1-3H3,(H,25,29). The predicted molar refractivity (Wildman–Crippen MR) is 123 cm³/mol. The van der Waals surface area contributed by atoms with Crippen LogP contribution in [0.25, 0.3) is 5.13 Å². The monoisotopic (exact) mass is 423 g/mol. The maximum absolute atomic E-state index is 12.9. The Balaban J connectivity index is 1.32. The topological polar surface area (TPSA) is 53.4 Å². The second-order valence-electron chi connectivity index (χ2n) is 7.85. The van der Waals surface area contributed by atoms with Crippen molar-refractivity contribution in [3.05, 3.63) is 64.9 Å². The molecule has 1 aliphatic heterocycles. The molecule has 4 rings (SSSR count). The van der Waals surface area contributed by atoms with Gasteiger partial charge in [-0.2, -0.15) is 0 Å². The molecule has 1 aromatic carbocycles. The van der Waals surface area contributed by atoms with Gasteiger partial charge in [0.15, 0.2) is 5.13 Å². The molecule has 0 radical (unpaired) electrons. The lowest BCUT2D eigenvalue weighted by Gasteiger charge is -2.39. The summed E-state index contributed by atoms with van der Waals surface area (Å²) in [5, 5.41) is 5.99. The Labute approximate surface area is 182 Å². The minimum Gasteiger partial charge on any atom is -0.369 e. The van der Waals surface area contributed by atoms with Crippen molar-refractivity contribution in [1.82, 2.24) is 19.8 Å². The van der Waals surface area contributed by atoms with Crippen LogP contribution in [0.5, 0.6) is 0 Å². The van der Waals surface area contributed by atoms with Crippen molar-refractivity contribution in [2.75, 3.05) is 37.6 Å². The van der Waals surface area contributed by atoms with Crippen LogP contribution in [0, 0.1) is 13.8 Å². The number of carbonyl (C=O) groups excluding carboxylic acids is 1. The van der Waals surface area contributed by atoms with Crippen LogP contribution in [0.1, 0.15) is 28.7 Å². The van der Waals surface area contributed by atoms with Crippen LogP contribution in [-0.4, -0.2) is 59.1 Å². The van der Waals surface area contributed by atoms with Gasteiger partial charge in [0.25, 0.3) is 5.91 Å². The van der Waals surface area contributed by atoms with E-state index in [1.807, 2.05) is 29.9 Å². The van der Waals surface area contributed by atoms with Gasteiger partial charge < -0.3 is 10.2 Å². The number of amides is 1. The third-order valence-electron chi connectivity index (χ3n) is 5.90. The van der Waals surface area contributed by atoms with E-state index >= 15 is 0 Å². The number of rotatable bonds is 6. The third kappa shape index (κ3) is 4.27. The highest BCUT2D eigenvalue weighted by atomic mass is 32.1. The molecule has 0 spiro atoms. The summed E-state index contributed by atoms with van der Waals surface area (Å²) in [6, 6.07) is 12.8. The van der Waals surface area contributed by atoms with Crippen molar-refractivity contribution in [3.8, 4) is 5.13 Å². The zero-order valence-corrected chi connectivity index (χ0v) is 18.7. The summed E-state index contributed by atoms with van der Waals surface area (Å²) in [4.78, 5) is 22.1. The zero-order chi connectivity index (χ0) is 21.1. The van der Waals surface area contributed by atoms with Crippen molar-refractivity contribution in [3.63, 3.8) is 0 Å². The average Bonchev–Trinajstić information content (AvgIpc) is 3.40. The van der Waals surface area contributed by atoms with Gasteiger partial charge >= 0.3 is 0 Å². The fraction of sp³-hybridized carbons (Fsp3) is 0.391. The lowest BCUT2D eigenvalue weighted by molar-refractivity contribution is 0.0933. The molecule has 1 amide bonds. The van der Waals surface area contributed by atoms with E-state index in [1.54, 1.807) is 17.5 Å². The number of carbonyl (C=O) groups is 1. The first-order valence-electron chi connectivity index (χ1n) is 10.5. The maximum Gasteiger partial charge on any atom is 0.253 e. The Kier molecular flexibility index (Phi) is 6.20. The smallest absolute Gasteiger partial charge is 0.253 e. The molecule has 6 nitrogen and oxygen atoms in total. The number of para-hydroxylation sites is 1. The molecule has 0 aliphatic carbocycles.